The quantitative estimate of drug-likeness (QED) is 0.839. The van der Waals surface area contributed by atoms with E-state index in [4.69, 9.17) is 5.73 Å². The number of hydrogen-bond acceptors (Lipinski definition) is 4. The predicted molar refractivity (Wildman–Crippen MR) is 75.7 cm³/mol. The van der Waals surface area contributed by atoms with Crippen molar-refractivity contribution >= 4 is 29.2 Å². The lowest BCUT2D eigenvalue weighted by molar-refractivity contribution is 0.841. The largest absolute Gasteiger partial charge is 0.370 e. The number of nitrogens with two attached hydrogens (primary N) is 1. The van der Waals surface area contributed by atoms with Crippen molar-refractivity contribution in [3.8, 4) is 0 Å². The summed E-state index contributed by atoms with van der Waals surface area (Å²) in [7, 11) is 0. The Bertz CT molecular complexity index is 349. The van der Waals surface area contributed by atoms with Crippen molar-refractivity contribution in [3.05, 3.63) is 23.8 Å². The Labute approximate surface area is 106 Å². The third-order valence-corrected chi connectivity index (χ3v) is 4.65. The van der Waals surface area contributed by atoms with Crippen molar-refractivity contribution < 1.29 is 0 Å². The van der Waals surface area contributed by atoms with Crippen molar-refractivity contribution in [1.82, 2.24) is 0 Å². The molecule has 0 atom stereocenters. The molecule has 0 unspecified atom stereocenters. The molecule has 0 bridgehead atoms. The Balaban J connectivity index is 2.30. The van der Waals surface area contributed by atoms with Gasteiger partial charge in [0.05, 0.1) is 0 Å². The number of anilines is 1. The van der Waals surface area contributed by atoms with Gasteiger partial charge in [-0.25, -0.2) is 0 Å². The minimum Gasteiger partial charge on any atom is -0.370 e. The maximum Gasteiger partial charge on any atom is 0.0423 e. The first-order chi connectivity index (χ1) is 7.86. The van der Waals surface area contributed by atoms with E-state index < -0.39 is 0 Å². The van der Waals surface area contributed by atoms with Crippen molar-refractivity contribution in [2.75, 3.05) is 35.8 Å². The van der Waals surface area contributed by atoms with E-state index in [1.54, 1.807) is 11.8 Å². The zero-order chi connectivity index (χ0) is 11.4. The third-order valence-electron chi connectivity index (χ3n) is 2.88. The molecule has 1 saturated heterocycles. The molecule has 0 radical (unpaired) electrons. The molecule has 88 valence electrons. The first-order valence-corrected chi connectivity index (χ1v) is 7.93. The van der Waals surface area contributed by atoms with Crippen LogP contribution in [0.1, 0.15) is 5.56 Å². The lowest BCUT2D eigenvalue weighted by Gasteiger charge is -2.30. The fraction of sp³-hybridized carbons (Fsp3) is 0.500. The Kier molecular flexibility index (Phi) is 4.44. The third kappa shape index (κ3) is 2.50. The lowest BCUT2D eigenvalue weighted by Crippen LogP contribution is -2.33. The summed E-state index contributed by atoms with van der Waals surface area (Å²) in [6.45, 7) is 2.93. The second-order valence-electron chi connectivity index (χ2n) is 3.76. The molecule has 0 saturated carbocycles. The molecule has 1 aliphatic rings. The number of thioether (sulfide) groups is 2. The van der Waals surface area contributed by atoms with Gasteiger partial charge in [0.15, 0.2) is 0 Å². The molecule has 1 aromatic rings. The molecule has 0 amide bonds. The first-order valence-electron chi connectivity index (χ1n) is 5.55. The number of benzene rings is 1. The van der Waals surface area contributed by atoms with Crippen molar-refractivity contribution in [2.24, 2.45) is 5.73 Å². The van der Waals surface area contributed by atoms with E-state index in [9.17, 15) is 0 Å². The van der Waals surface area contributed by atoms with E-state index in [-0.39, 0.29) is 0 Å². The van der Waals surface area contributed by atoms with Gasteiger partial charge in [-0.15, -0.1) is 11.8 Å². The maximum atomic E-state index is 5.89. The molecule has 0 spiro atoms. The van der Waals surface area contributed by atoms with Gasteiger partial charge in [-0.3, -0.25) is 0 Å². The minimum absolute atomic E-state index is 0.635. The van der Waals surface area contributed by atoms with Crippen LogP contribution in [-0.2, 0) is 6.54 Å². The van der Waals surface area contributed by atoms with E-state index >= 15 is 0 Å². The lowest BCUT2D eigenvalue weighted by atomic mass is 10.1. The van der Waals surface area contributed by atoms with Gasteiger partial charge in [-0.05, 0) is 18.4 Å². The molecule has 2 N–H and O–H groups in total. The van der Waals surface area contributed by atoms with E-state index in [0.29, 0.717) is 6.54 Å². The molecular formula is C12H18N2S2. The minimum atomic E-state index is 0.635. The fourth-order valence-electron chi connectivity index (χ4n) is 2.05. The van der Waals surface area contributed by atoms with Crippen LogP contribution in [0.4, 0.5) is 5.69 Å². The van der Waals surface area contributed by atoms with Gasteiger partial charge in [-0.2, -0.15) is 11.8 Å². The molecular weight excluding hydrogens is 236 g/mol. The summed E-state index contributed by atoms with van der Waals surface area (Å²) in [5.74, 6) is 2.46. The second kappa shape index (κ2) is 5.84. The Hall–Kier alpha value is -0.320. The van der Waals surface area contributed by atoms with E-state index in [1.807, 2.05) is 11.8 Å². The van der Waals surface area contributed by atoms with Crippen LogP contribution < -0.4 is 10.6 Å². The predicted octanol–water partition coefficient (Wildman–Crippen LogP) is 2.42. The topological polar surface area (TPSA) is 29.3 Å². The Morgan fingerprint density at radius 1 is 1.38 bits per heavy atom. The highest BCUT2D eigenvalue weighted by atomic mass is 32.2. The summed E-state index contributed by atoms with van der Waals surface area (Å²) in [6.07, 6.45) is 2.12. The standard InChI is InChI=1S/C12H18N2S2/c1-15-12-4-2-3-11(10(12)9-13)14-5-7-16-8-6-14/h2-4H,5-9,13H2,1H3. The summed E-state index contributed by atoms with van der Waals surface area (Å²) < 4.78 is 0. The molecule has 1 heterocycles. The Morgan fingerprint density at radius 3 is 2.75 bits per heavy atom. The normalized spacial score (nSPS) is 16.5. The molecule has 1 aliphatic heterocycles. The zero-order valence-electron chi connectivity index (χ0n) is 9.61. The van der Waals surface area contributed by atoms with E-state index in [1.165, 1.54) is 27.7 Å². The molecule has 4 heteroatoms. The second-order valence-corrected chi connectivity index (χ2v) is 5.83. The van der Waals surface area contributed by atoms with Crippen molar-refractivity contribution in [3.63, 3.8) is 0 Å². The Morgan fingerprint density at radius 2 is 2.12 bits per heavy atom. The van der Waals surface area contributed by atoms with Crippen LogP contribution in [0.25, 0.3) is 0 Å². The number of rotatable bonds is 3. The van der Waals surface area contributed by atoms with Crippen LogP contribution in [0.3, 0.4) is 0 Å². The van der Waals surface area contributed by atoms with E-state index in [0.717, 1.165) is 13.1 Å². The van der Waals surface area contributed by atoms with E-state index in [2.05, 4.69) is 29.4 Å². The molecule has 1 aromatic carbocycles. The van der Waals surface area contributed by atoms with Crippen molar-refractivity contribution in [2.45, 2.75) is 11.4 Å². The van der Waals surface area contributed by atoms with Crippen LogP contribution in [0.5, 0.6) is 0 Å². The summed E-state index contributed by atoms with van der Waals surface area (Å²) in [5, 5.41) is 0. The highest BCUT2D eigenvalue weighted by Crippen LogP contribution is 2.30. The van der Waals surface area contributed by atoms with Gasteiger partial charge in [0.2, 0.25) is 0 Å². The average molecular weight is 254 g/mol. The van der Waals surface area contributed by atoms with Crippen LogP contribution in [0.15, 0.2) is 23.1 Å². The summed E-state index contributed by atoms with van der Waals surface area (Å²) in [5.41, 5.74) is 8.54. The molecule has 0 aliphatic carbocycles. The molecule has 1 fully saturated rings. The zero-order valence-corrected chi connectivity index (χ0v) is 11.2. The molecule has 2 nitrogen and oxygen atoms in total. The highest BCUT2D eigenvalue weighted by Gasteiger charge is 2.15. The average Bonchev–Trinajstić information content (AvgIpc) is 2.38. The summed E-state index contributed by atoms with van der Waals surface area (Å²) in [6, 6.07) is 6.51. The summed E-state index contributed by atoms with van der Waals surface area (Å²) >= 11 is 3.82. The van der Waals surface area contributed by atoms with Gasteiger partial charge >= 0.3 is 0 Å². The van der Waals surface area contributed by atoms with Gasteiger partial charge < -0.3 is 10.6 Å². The number of hydrogen-bond donors (Lipinski definition) is 1. The first kappa shape index (κ1) is 12.1. The smallest absolute Gasteiger partial charge is 0.0423 e. The molecule has 16 heavy (non-hydrogen) atoms. The monoisotopic (exact) mass is 254 g/mol. The summed E-state index contributed by atoms with van der Waals surface area (Å²) in [4.78, 5) is 3.79. The molecule has 2 rings (SSSR count). The number of nitrogens with zero attached hydrogens (tertiary/aromatic N) is 1. The maximum absolute atomic E-state index is 5.89. The SMILES string of the molecule is CSc1cccc(N2CCSCC2)c1CN. The van der Waals surface area contributed by atoms with Crippen LogP contribution in [0, 0.1) is 0 Å². The van der Waals surface area contributed by atoms with Gasteiger partial charge in [0.25, 0.3) is 0 Å². The van der Waals surface area contributed by atoms with Crippen LogP contribution in [0.2, 0.25) is 0 Å². The molecule has 0 aromatic heterocycles. The van der Waals surface area contributed by atoms with Crippen LogP contribution in [-0.4, -0.2) is 30.9 Å². The van der Waals surface area contributed by atoms with Crippen molar-refractivity contribution in [1.29, 1.82) is 0 Å². The van der Waals surface area contributed by atoms with Crippen LogP contribution >= 0.6 is 23.5 Å². The highest BCUT2D eigenvalue weighted by molar-refractivity contribution is 7.99. The van der Waals surface area contributed by atoms with Gasteiger partial charge in [0, 0.05) is 47.3 Å². The van der Waals surface area contributed by atoms with Gasteiger partial charge in [0.1, 0.15) is 0 Å². The fourth-order valence-corrected chi connectivity index (χ4v) is 3.60. The van der Waals surface area contributed by atoms with Gasteiger partial charge in [-0.1, -0.05) is 6.07 Å².